The Morgan fingerprint density at radius 2 is 1.48 bits per heavy atom. The number of fused-ring (bicyclic) bond motifs is 1. The van der Waals surface area contributed by atoms with Gasteiger partial charge in [0.25, 0.3) is 0 Å². The number of hydrogen-bond donors (Lipinski definition) is 3. The molecule has 3 N–H and O–H groups in total. The summed E-state index contributed by atoms with van der Waals surface area (Å²) in [7, 11) is 0. The fraction of sp³-hybridized carbons (Fsp3) is 0.182. The topological polar surface area (TPSA) is 52.5 Å². The van der Waals surface area contributed by atoms with Crippen molar-refractivity contribution >= 4 is 5.69 Å². The molecule has 4 rings (SSSR count). The Morgan fingerprint density at radius 1 is 0.800 bits per heavy atom. The van der Waals surface area contributed by atoms with E-state index in [1.165, 1.54) is 0 Å². The first-order chi connectivity index (χ1) is 12.3. The third-order valence-electron chi connectivity index (χ3n) is 5.21. The number of hydrogen-bond acceptors (Lipinski definition) is 3. The van der Waals surface area contributed by atoms with Gasteiger partial charge in [0.15, 0.2) is 0 Å². The maximum absolute atomic E-state index is 10.3. The minimum absolute atomic E-state index is 0.0126. The number of aliphatic hydroxyl groups excluding tert-OH is 2. The van der Waals surface area contributed by atoms with Gasteiger partial charge in [-0.25, -0.2) is 0 Å². The number of rotatable bonds is 4. The molecule has 0 amide bonds. The minimum atomic E-state index is -0.612. The molecule has 1 aliphatic heterocycles. The van der Waals surface area contributed by atoms with E-state index >= 15 is 0 Å². The highest BCUT2D eigenvalue weighted by Crippen LogP contribution is 2.52. The normalized spacial score (nSPS) is 21.6. The SMILES string of the molecule is OCc1ccccc1[C@@]1(c2ccccc2)Nc2ccccc2[C@H]1CO. The van der Waals surface area contributed by atoms with Crippen LogP contribution < -0.4 is 5.32 Å². The lowest BCUT2D eigenvalue weighted by atomic mass is 9.72. The van der Waals surface area contributed by atoms with Gasteiger partial charge in [-0.2, -0.15) is 0 Å². The van der Waals surface area contributed by atoms with Crippen LogP contribution in [0.15, 0.2) is 78.9 Å². The lowest BCUT2D eigenvalue weighted by molar-refractivity contribution is 0.233. The molecule has 126 valence electrons. The van der Waals surface area contributed by atoms with Gasteiger partial charge in [-0.15, -0.1) is 0 Å². The third-order valence-corrected chi connectivity index (χ3v) is 5.21. The van der Waals surface area contributed by atoms with E-state index in [9.17, 15) is 10.2 Å². The highest BCUT2D eigenvalue weighted by Gasteiger charge is 2.48. The molecule has 2 atom stereocenters. The van der Waals surface area contributed by atoms with Gasteiger partial charge in [-0.05, 0) is 28.3 Å². The average Bonchev–Trinajstić information content (AvgIpc) is 3.03. The van der Waals surface area contributed by atoms with Crippen LogP contribution in [0.3, 0.4) is 0 Å². The molecule has 3 aromatic carbocycles. The van der Waals surface area contributed by atoms with Crippen molar-refractivity contribution in [2.45, 2.75) is 18.1 Å². The predicted molar refractivity (Wildman–Crippen MR) is 99.5 cm³/mol. The monoisotopic (exact) mass is 331 g/mol. The molecule has 0 saturated heterocycles. The van der Waals surface area contributed by atoms with Gasteiger partial charge in [0.2, 0.25) is 0 Å². The third kappa shape index (κ3) is 2.36. The van der Waals surface area contributed by atoms with Gasteiger partial charge < -0.3 is 15.5 Å². The van der Waals surface area contributed by atoms with Crippen molar-refractivity contribution in [3.8, 4) is 0 Å². The predicted octanol–water partition coefficient (Wildman–Crippen LogP) is 3.62. The molecule has 0 bridgehead atoms. The Morgan fingerprint density at radius 3 is 2.24 bits per heavy atom. The van der Waals surface area contributed by atoms with Gasteiger partial charge in [-0.3, -0.25) is 0 Å². The van der Waals surface area contributed by atoms with E-state index < -0.39 is 5.54 Å². The van der Waals surface area contributed by atoms with Gasteiger partial charge in [0.05, 0.1) is 18.8 Å². The van der Waals surface area contributed by atoms with Crippen LogP contribution in [0.2, 0.25) is 0 Å². The highest BCUT2D eigenvalue weighted by atomic mass is 16.3. The minimum Gasteiger partial charge on any atom is -0.396 e. The molecule has 3 aromatic rings. The Hall–Kier alpha value is -2.62. The summed E-state index contributed by atoms with van der Waals surface area (Å²) in [6.07, 6.45) is 0. The lowest BCUT2D eigenvalue weighted by Crippen LogP contribution is -2.40. The van der Waals surface area contributed by atoms with E-state index in [1.807, 2.05) is 60.7 Å². The molecule has 1 heterocycles. The van der Waals surface area contributed by atoms with Gasteiger partial charge in [-0.1, -0.05) is 72.8 Å². The zero-order valence-corrected chi connectivity index (χ0v) is 13.9. The molecule has 0 unspecified atom stereocenters. The molecule has 3 heteroatoms. The lowest BCUT2D eigenvalue weighted by Gasteiger charge is -2.38. The van der Waals surface area contributed by atoms with Crippen LogP contribution in [0.4, 0.5) is 5.69 Å². The van der Waals surface area contributed by atoms with Crippen molar-refractivity contribution in [1.29, 1.82) is 0 Å². The molecule has 0 fully saturated rings. The molecule has 0 spiro atoms. The molecule has 0 aromatic heterocycles. The maximum Gasteiger partial charge on any atom is 0.0975 e. The molecular formula is C22H21NO2. The molecule has 25 heavy (non-hydrogen) atoms. The molecule has 0 saturated carbocycles. The smallest absolute Gasteiger partial charge is 0.0975 e. The Labute approximate surface area is 147 Å². The largest absolute Gasteiger partial charge is 0.396 e. The van der Waals surface area contributed by atoms with Crippen LogP contribution in [-0.2, 0) is 12.1 Å². The van der Waals surface area contributed by atoms with E-state index in [1.54, 1.807) is 0 Å². The van der Waals surface area contributed by atoms with Crippen molar-refractivity contribution in [2.24, 2.45) is 0 Å². The van der Waals surface area contributed by atoms with Crippen molar-refractivity contribution in [1.82, 2.24) is 0 Å². The number of nitrogens with one attached hydrogen (secondary N) is 1. The van der Waals surface area contributed by atoms with Crippen LogP contribution in [0.1, 0.15) is 28.2 Å². The number of para-hydroxylation sites is 1. The summed E-state index contributed by atoms with van der Waals surface area (Å²) in [4.78, 5) is 0. The van der Waals surface area contributed by atoms with E-state index in [-0.39, 0.29) is 19.1 Å². The van der Waals surface area contributed by atoms with E-state index in [0.717, 1.165) is 27.9 Å². The zero-order valence-electron chi connectivity index (χ0n) is 13.9. The Kier molecular flexibility index (Phi) is 4.04. The van der Waals surface area contributed by atoms with Crippen LogP contribution in [0, 0.1) is 0 Å². The highest BCUT2D eigenvalue weighted by molar-refractivity contribution is 5.68. The molecule has 1 aliphatic rings. The van der Waals surface area contributed by atoms with Gasteiger partial charge in [0, 0.05) is 11.6 Å². The second-order valence-corrected chi connectivity index (χ2v) is 6.44. The summed E-state index contributed by atoms with van der Waals surface area (Å²) in [5, 5.41) is 23.9. The van der Waals surface area contributed by atoms with Crippen LogP contribution in [-0.4, -0.2) is 16.8 Å². The van der Waals surface area contributed by atoms with Crippen molar-refractivity contribution in [2.75, 3.05) is 11.9 Å². The van der Waals surface area contributed by atoms with Crippen molar-refractivity contribution in [3.63, 3.8) is 0 Å². The van der Waals surface area contributed by atoms with Crippen LogP contribution in [0.25, 0.3) is 0 Å². The fourth-order valence-electron chi connectivity index (χ4n) is 4.11. The summed E-state index contributed by atoms with van der Waals surface area (Å²) < 4.78 is 0. The van der Waals surface area contributed by atoms with Crippen LogP contribution in [0.5, 0.6) is 0 Å². The van der Waals surface area contributed by atoms with Crippen molar-refractivity contribution in [3.05, 3.63) is 101 Å². The average molecular weight is 331 g/mol. The summed E-state index contributed by atoms with van der Waals surface area (Å²) >= 11 is 0. The van der Waals surface area contributed by atoms with Gasteiger partial charge >= 0.3 is 0 Å². The second-order valence-electron chi connectivity index (χ2n) is 6.44. The summed E-state index contributed by atoms with van der Waals surface area (Å²) in [6.45, 7) is -0.0282. The molecule has 3 nitrogen and oxygen atoms in total. The number of benzene rings is 3. The number of aliphatic hydroxyl groups is 2. The first-order valence-corrected chi connectivity index (χ1v) is 8.54. The van der Waals surface area contributed by atoms with E-state index in [0.29, 0.717) is 0 Å². The first-order valence-electron chi connectivity index (χ1n) is 8.54. The standard InChI is InChI=1S/C22H21NO2/c24-14-16-8-4-6-12-19(16)22(17-9-2-1-3-10-17)20(15-25)18-11-5-7-13-21(18)23-22/h1-13,20,23-25H,14-15H2/t20-,22-/m1/s1. The Balaban J connectivity index is 2.02. The molecular weight excluding hydrogens is 310 g/mol. The van der Waals surface area contributed by atoms with Crippen LogP contribution >= 0.6 is 0 Å². The first kappa shape index (κ1) is 15.9. The summed E-state index contributed by atoms with van der Waals surface area (Å²) in [5.74, 6) is -0.140. The quantitative estimate of drug-likeness (QED) is 0.684. The summed E-state index contributed by atoms with van der Waals surface area (Å²) in [6, 6.07) is 26.2. The molecule has 0 aliphatic carbocycles. The second kappa shape index (κ2) is 6.36. The van der Waals surface area contributed by atoms with Crippen molar-refractivity contribution < 1.29 is 10.2 Å². The van der Waals surface area contributed by atoms with E-state index in [2.05, 4.69) is 23.5 Å². The van der Waals surface area contributed by atoms with E-state index in [4.69, 9.17) is 0 Å². The maximum atomic E-state index is 10.3. The summed E-state index contributed by atoms with van der Waals surface area (Å²) in [5.41, 5.74) is 4.45. The molecule has 0 radical (unpaired) electrons. The number of anilines is 1. The zero-order chi connectivity index (χ0) is 17.3. The van der Waals surface area contributed by atoms with Gasteiger partial charge in [0.1, 0.15) is 0 Å². The Bertz CT molecular complexity index is 878. The fourth-order valence-corrected chi connectivity index (χ4v) is 4.11.